The molecule has 1 rings (SSSR count). The van der Waals surface area contributed by atoms with E-state index in [0.29, 0.717) is 6.42 Å². The number of carbonyl (C=O) groups excluding carboxylic acids is 1. The van der Waals surface area contributed by atoms with Crippen LogP contribution in [0.15, 0.2) is 22.7 Å². The highest BCUT2D eigenvalue weighted by Crippen LogP contribution is 2.22. The van der Waals surface area contributed by atoms with Crippen LogP contribution in [0.3, 0.4) is 0 Å². The lowest BCUT2D eigenvalue weighted by Crippen LogP contribution is -2.19. The van der Waals surface area contributed by atoms with E-state index >= 15 is 0 Å². The number of Topliss-reactive ketones (excluding diaryl/α,β-unsaturated/α-hetero) is 1. The Bertz CT molecular complexity index is 407. The minimum Gasteiger partial charge on any atom is -0.299 e. The van der Waals surface area contributed by atoms with Gasteiger partial charge in [-0.05, 0) is 36.6 Å². The second-order valence-electron chi connectivity index (χ2n) is 5.26. The molecule has 94 valence electrons. The van der Waals surface area contributed by atoms with Gasteiger partial charge in [0.1, 0.15) is 11.6 Å². The molecule has 0 bridgehead atoms. The van der Waals surface area contributed by atoms with Gasteiger partial charge < -0.3 is 0 Å². The number of hydrogen-bond donors (Lipinski definition) is 0. The molecular formula is C14H18BrFO. The zero-order valence-corrected chi connectivity index (χ0v) is 12.1. The van der Waals surface area contributed by atoms with Crippen molar-refractivity contribution in [2.75, 3.05) is 0 Å². The Morgan fingerprint density at radius 3 is 2.59 bits per heavy atom. The number of aryl methyl sites for hydroxylation is 1. The predicted molar refractivity (Wildman–Crippen MR) is 71.5 cm³/mol. The molecule has 0 saturated carbocycles. The molecule has 17 heavy (non-hydrogen) atoms. The van der Waals surface area contributed by atoms with Crippen LogP contribution in [0.5, 0.6) is 0 Å². The average molecular weight is 301 g/mol. The third-order valence-corrected chi connectivity index (χ3v) is 3.47. The van der Waals surface area contributed by atoms with Gasteiger partial charge in [-0.2, -0.15) is 0 Å². The van der Waals surface area contributed by atoms with Gasteiger partial charge in [-0.25, -0.2) is 4.39 Å². The Morgan fingerprint density at radius 2 is 2.00 bits per heavy atom. The van der Waals surface area contributed by atoms with E-state index in [2.05, 4.69) is 15.9 Å². The van der Waals surface area contributed by atoms with Crippen LogP contribution in [0.4, 0.5) is 4.39 Å². The number of benzene rings is 1. The number of rotatable bonds is 4. The maximum atomic E-state index is 13.0. The highest BCUT2D eigenvalue weighted by atomic mass is 79.9. The van der Waals surface area contributed by atoms with Gasteiger partial charge in [0.2, 0.25) is 0 Å². The summed E-state index contributed by atoms with van der Waals surface area (Å²) in [7, 11) is 0. The number of carbonyl (C=O) groups is 1. The lowest BCUT2D eigenvalue weighted by Gasteiger charge is -2.16. The van der Waals surface area contributed by atoms with Gasteiger partial charge in [-0.3, -0.25) is 4.79 Å². The first kappa shape index (κ1) is 14.4. The lowest BCUT2D eigenvalue weighted by molar-refractivity contribution is -0.126. The standard InChI is InChI=1S/C14H18BrFO/c1-14(2,3)13(17)6-4-5-10-9-11(16)7-8-12(10)15/h7-9H,4-6H2,1-3H3. The van der Waals surface area contributed by atoms with Gasteiger partial charge in [0.15, 0.2) is 0 Å². The van der Waals surface area contributed by atoms with Crippen molar-refractivity contribution in [3.05, 3.63) is 34.1 Å². The monoisotopic (exact) mass is 300 g/mol. The molecule has 0 aromatic heterocycles. The third kappa shape index (κ3) is 4.58. The van der Waals surface area contributed by atoms with E-state index in [9.17, 15) is 9.18 Å². The van der Waals surface area contributed by atoms with Crippen LogP contribution in [0.25, 0.3) is 0 Å². The fourth-order valence-electron chi connectivity index (χ4n) is 1.55. The van der Waals surface area contributed by atoms with Crippen LogP contribution in [0.1, 0.15) is 39.2 Å². The average Bonchev–Trinajstić information content (AvgIpc) is 2.21. The molecule has 0 amide bonds. The van der Waals surface area contributed by atoms with Crippen molar-refractivity contribution < 1.29 is 9.18 Å². The summed E-state index contributed by atoms with van der Waals surface area (Å²) in [5.74, 6) is 0.0235. The predicted octanol–water partition coefficient (Wildman–Crippen LogP) is 4.53. The molecule has 0 aliphatic carbocycles. The van der Waals surface area contributed by atoms with Crippen molar-refractivity contribution in [1.29, 1.82) is 0 Å². The molecule has 1 nitrogen and oxygen atoms in total. The fraction of sp³-hybridized carbons (Fsp3) is 0.500. The Hall–Kier alpha value is -0.700. The van der Waals surface area contributed by atoms with Crippen LogP contribution in [-0.4, -0.2) is 5.78 Å². The molecule has 0 fully saturated rings. The summed E-state index contributed by atoms with van der Waals surface area (Å²) in [4.78, 5) is 11.7. The minimum atomic E-state index is -0.279. The van der Waals surface area contributed by atoms with E-state index in [1.54, 1.807) is 6.07 Å². The summed E-state index contributed by atoms with van der Waals surface area (Å²) >= 11 is 3.39. The van der Waals surface area contributed by atoms with Gasteiger partial charge in [-0.15, -0.1) is 0 Å². The summed E-state index contributed by atoms with van der Waals surface area (Å²) in [6.07, 6.45) is 2.03. The van der Waals surface area contributed by atoms with Gasteiger partial charge in [0, 0.05) is 16.3 Å². The molecule has 0 atom stereocenters. The summed E-state index contributed by atoms with van der Waals surface area (Å²) in [5, 5.41) is 0. The highest BCUT2D eigenvalue weighted by Gasteiger charge is 2.20. The van der Waals surface area contributed by atoms with Crippen LogP contribution < -0.4 is 0 Å². The maximum absolute atomic E-state index is 13.0. The first-order valence-electron chi connectivity index (χ1n) is 5.78. The molecule has 0 unspecified atom stereocenters. The van der Waals surface area contributed by atoms with Crippen LogP contribution in [-0.2, 0) is 11.2 Å². The molecular weight excluding hydrogens is 283 g/mol. The maximum Gasteiger partial charge on any atom is 0.138 e. The molecule has 0 aliphatic heterocycles. The van der Waals surface area contributed by atoms with E-state index in [1.165, 1.54) is 12.1 Å². The van der Waals surface area contributed by atoms with E-state index in [1.807, 2.05) is 20.8 Å². The quantitative estimate of drug-likeness (QED) is 0.798. The Kier molecular flexibility index (Phi) is 4.87. The van der Waals surface area contributed by atoms with E-state index < -0.39 is 0 Å². The molecule has 3 heteroatoms. The van der Waals surface area contributed by atoms with Crippen molar-refractivity contribution in [2.45, 2.75) is 40.0 Å². The topological polar surface area (TPSA) is 17.1 Å². The fourth-order valence-corrected chi connectivity index (χ4v) is 1.99. The van der Waals surface area contributed by atoms with E-state index in [4.69, 9.17) is 0 Å². The van der Waals surface area contributed by atoms with Crippen molar-refractivity contribution in [1.82, 2.24) is 0 Å². The van der Waals surface area contributed by atoms with Crippen molar-refractivity contribution in [3.8, 4) is 0 Å². The molecule has 0 aliphatic rings. The normalized spacial score (nSPS) is 11.6. The molecule has 1 aromatic rings. The molecule has 0 radical (unpaired) electrons. The second kappa shape index (κ2) is 5.76. The van der Waals surface area contributed by atoms with Crippen molar-refractivity contribution in [3.63, 3.8) is 0 Å². The third-order valence-electron chi connectivity index (χ3n) is 2.69. The zero-order chi connectivity index (χ0) is 13.1. The van der Waals surface area contributed by atoms with Gasteiger partial charge in [0.05, 0.1) is 0 Å². The smallest absolute Gasteiger partial charge is 0.138 e. The summed E-state index contributed by atoms with van der Waals surface area (Å²) in [6, 6.07) is 4.65. The van der Waals surface area contributed by atoms with Crippen LogP contribution >= 0.6 is 15.9 Å². The largest absolute Gasteiger partial charge is 0.299 e. The van der Waals surface area contributed by atoms with Gasteiger partial charge in [-0.1, -0.05) is 36.7 Å². The molecule has 0 spiro atoms. The van der Waals surface area contributed by atoms with Crippen molar-refractivity contribution >= 4 is 21.7 Å². The lowest BCUT2D eigenvalue weighted by atomic mass is 9.87. The van der Waals surface area contributed by atoms with Gasteiger partial charge >= 0.3 is 0 Å². The van der Waals surface area contributed by atoms with Crippen LogP contribution in [0.2, 0.25) is 0 Å². The van der Waals surface area contributed by atoms with E-state index in [0.717, 1.165) is 22.9 Å². The Labute approximate surface area is 111 Å². The first-order valence-corrected chi connectivity index (χ1v) is 6.57. The van der Waals surface area contributed by atoms with Crippen molar-refractivity contribution in [2.24, 2.45) is 5.41 Å². The number of ketones is 1. The minimum absolute atomic E-state index is 0.231. The molecule has 0 saturated heterocycles. The Balaban J connectivity index is 2.52. The van der Waals surface area contributed by atoms with E-state index in [-0.39, 0.29) is 17.0 Å². The Morgan fingerprint density at radius 1 is 1.35 bits per heavy atom. The summed E-state index contributed by atoms with van der Waals surface area (Å²) in [5.41, 5.74) is 0.644. The van der Waals surface area contributed by atoms with Gasteiger partial charge in [0.25, 0.3) is 0 Å². The van der Waals surface area contributed by atoms with Crippen LogP contribution in [0, 0.1) is 11.2 Å². The highest BCUT2D eigenvalue weighted by molar-refractivity contribution is 9.10. The summed E-state index contributed by atoms with van der Waals surface area (Å²) < 4.78 is 13.9. The molecule has 0 heterocycles. The number of halogens is 2. The molecule has 1 aromatic carbocycles. The second-order valence-corrected chi connectivity index (χ2v) is 6.12. The summed E-state index contributed by atoms with van der Waals surface area (Å²) in [6.45, 7) is 5.77. The number of hydrogen-bond acceptors (Lipinski definition) is 1. The SMILES string of the molecule is CC(C)(C)C(=O)CCCc1cc(F)ccc1Br. The first-order chi connectivity index (χ1) is 7.80. The molecule has 0 N–H and O–H groups in total. The zero-order valence-electron chi connectivity index (χ0n) is 10.5.